The Kier molecular flexibility index (Phi) is 5.94. The van der Waals surface area contributed by atoms with Gasteiger partial charge in [-0.25, -0.2) is 0 Å². The lowest BCUT2D eigenvalue weighted by atomic mass is 10.1. The summed E-state index contributed by atoms with van der Waals surface area (Å²) in [5, 5.41) is 18.2. The number of aromatic carboxylic acids is 1. The molecule has 7 nitrogen and oxygen atoms in total. The van der Waals surface area contributed by atoms with E-state index in [0.717, 1.165) is 10.8 Å². The second-order valence-corrected chi connectivity index (χ2v) is 6.42. The van der Waals surface area contributed by atoms with E-state index < -0.39 is 11.9 Å². The Bertz CT molecular complexity index is 1110. The Hall–Kier alpha value is -3.65. The standard InChI is InChI=1S/C21H18N2O5S/c1-27-17-8-7-14(20(25)26)10-16(17)22-21(29)23-19(24)15-9-12-5-3-4-6-13(12)11-18(15)28-2/h3-11H,1-2H3,(H,25,26)(H2,22,23,24,29)/p-1. The van der Waals surface area contributed by atoms with Gasteiger partial charge >= 0.3 is 0 Å². The molecule has 0 aliphatic rings. The van der Waals surface area contributed by atoms with Crippen molar-refractivity contribution >= 4 is 45.7 Å². The molecular weight excluding hydrogens is 392 g/mol. The molecular formula is C21H17N2O5S-. The topological polar surface area (TPSA) is 99.7 Å². The van der Waals surface area contributed by atoms with Crippen LogP contribution in [0.1, 0.15) is 20.7 Å². The number of rotatable bonds is 5. The minimum atomic E-state index is -1.34. The highest BCUT2D eigenvalue weighted by Crippen LogP contribution is 2.27. The largest absolute Gasteiger partial charge is 0.545 e. The fourth-order valence-electron chi connectivity index (χ4n) is 2.82. The molecule has 0 atom stereocenters. The van der Waals surface area contributed by atoms with Gasteiger partial charge < -0.3 is 24.7 Å². The maximum Gasteiger partial charge on any atom is 0.261 e. The van der Waals surface area contributed by atoms with Crippen LogP contribution in [0.25, 0.3) is 10.8 Å². The van der Waals surface area contributed by atoms with Crippen molar-refractivity contribution in [3.05, 3.63) is 65.7 Å². The number of nitrogens with one attached hydrogen (secondary N) is 2. The third kappa shape index (κ3) is 4.44. The highest BCUT2D eigenvalue weighted by atomic mass is 32.1. The summed E-state index contributed by atoms with van der Waals surface area (Å²) in [6.45, 7) is 0. The first kappa shape index (κ1) is 20.1. The molecule has 2 N–H and O–H groups in total. The average Bonchev–Trinajstić information content (AvgIpc) is 2.72. The summed E-state index contributed by atoms with van der Waals surface area (Å²) < 4.78 is 10.5. The summed E-state index contributed by atoms with van der Waals surface area (Å²) in [6, 6.07) is 15.2. The van der Waals surface area contributed by atoms with Crippen LogP contribution in [0.15, 0.2) is 54.6 Å². The molecule has 0 aromatic heterocycles. The molecule has 0 bridgehead atoms. The van der Waals surface area contributed by atoms with Crippen LogP contribution in [0, 0.1) is 0 Å². The van der Waals surface area contributed by atoms with Crippen LogP contribution in [0.4, 0.5) is 5.69 Å². The van der Waals surface area contributed by atoms with Gasteiger partial charge in [0.15, 0.2) is 5.11 Å². The predicted octanol–water partition coefficient (Wildman–Crippen LogP) is 2.35. The van der Waals surface area contributed by atoms with Gasteiger partial charge in [0, 0.05) is 0 Å². The Morgan fingerprint density at radius 3 is 2.21 bits per heavy atom. The van der Waals surface area contributed by atoms with Gasteiger partial charge in [-0.3, -0.25) is 10.1 Å². The lowest BCUT2D eigenvalue weighted by Gasteiger charge is -2.15. The number of hydrogen-bond donors (Lipinski definition) is 2. The fraction of sp³-hybridized carbons (Fsp3) is 0.0952. The van der Waals surface area contributed by atoms with Crippen molar-refractivity contribution in [2.24, 2.45) is 0 Å². The van der Waals surface area contributed by atoms with Crippen molar-refractivity contribution in [3.8, 4) is 11.5 Å². The number of ether oxygens (including phenoxy) is 2. The molecule has 0 saturated heterocycles. The van der Waals surface area contributed by atoms with Crippen LogP contribution in [0.2, 0.25) is 0 Å². The van der Waals surface area contributed by atoms with E-state index in [1.165, 1.54) is 32.4 Å². The molecule has 3 aromatic carbocycles. The SMILES string of the molecule is COc1ccc(C(=O)[O-])cc1NC(=S)NC(=O)c1cc2ccccc2cc1OC. The van der Waals surface area contributed by atoms with Crippen molar-refractivity contribution in [2.45, 2.75) is 0 Å². The first-order valence-electron chi connectivity index (χ1n) is 8.51. The summed E-state index contributed by atoms with van der Waals surface area (Å²) in [6.07, 6.45) is 0. The van der Waals surface area contributed by atoms with E-state index in [1.54, 1.807) is 12.1 Å². The van der Waals surface area contributed by atoms with Crippen LogP contribution >= 0.6 is 12.2 Å². The summed E-state index contributed by atoms with van der Waals surface area (Å²) in [7, 11) is 2.91. The zero-order valence-electron chi connectivity index (χ0n) is 15.6. The van der Waals surface area contributed by atoms with Crippen molar-refractivity contribution in [1.82, 2.24) is 5.32 Å². The zero-order chi connectivity index (χ0) is 21.0. The molecule has 29 heavy (non-hydrogen) atoms. The highest BCUT2D eigenvalue weighted by Gasteiger charge is 2.16. The monoisotopic (exact) mass is 409 g/mol. The zero-order valence-corrected chi connectivity index (χ0v) is 16.5. The van der Waals surface area contributed by atoms with Gasteiger partial charge in [0.25, 0.3) is 5.91 Å². The third-order valence-corrected chi connectivity index (χ3v) is 4.43. The number of thiocarbonyl (C=S) groups is 1. The van der Waals surface area contributed by atoms with Gasteiger partial charge in [-0.15, -0.1) is 0 Å². The Morgan fingerprint density at radius 1 is 0.931 bits per heavy atom. The molecule has 0 spiro atoms. The number of anilines is 1. The third-order valence-electron chi connectivity index (χ3n) is 4.22. The summed E-state index contributed by atoms with van der Waals surface area (Å²) in [5.74, 6) is -1.05. The van der Waals surface area contributed by atoms with E-state index in [4.69, 9.17) is 21.7 Å². The van der Waals surface area contributed by atoms with Gasteiger partial charge in [0.05, 0.1) is 31.4 Å². The maximum absolute atomic E-state index is 12.7. The minimum Gasteiger partial charge on any atom is -0.545 e. The number of carbonyl (C=O) groups excluding carboxylic acids is 2. The normalized spacial score (nSPS) is 10.3. The molecule has 0 radical (unpaired) electrons. The first-order chi connectivity index (χ1) is 13.9. The maximum atomic E-state index is 12.7. The smallest absolute Gasteiger partial charge is 0.261 e. The van der Waals surface area contributed by atoms with E-state index in [1.807, 2.05) is 24.3 Å². The van der Waals surface area contributed by atoms with Crippen LogP contribution in [0.5, 0.6) is 11.5 Å². The summed E-state index contributed by atoms with van der Waals surface area (Å²) in [4.78, 5) is 23.8. The van der Waals surface area contributed by atoms with E-state index >= 15 is 0 Å². The number of carboxylic acids is 1. The molecule has 0 unspecified atom stereocenters. The Labute approximate surface area is 172 Å². The Morgan fingerprint density at radius 2 is 1.59 bits per heavy atom. The molecule has 0 fully saturated rings. The van der Waals surface area contributed by atoms with Gasteiger partial charge in [-0.05, 0) is 58.9 Å². The van der Waals surface area contributed by atoms with E-state index in [-0.39, 0.29) is 16.4 Å². The molecule has 3 aromatic rings. The van der Waals surface area contributed by atoms with E-state index in [2.05, 4.69) is 10.6 Å². The van der Waals surface area contributed by atoms with E-state index in [0.29, 0.717) is 17.1 Å². The van der Waals surface area contributed by atoms with Crippen LogP contribution in [0.3, 0.4) is 0 Å². The van der Waals surface area contributed by atoms with Gasteiger partial charge in [-0.2, -0.15) is 0 Å². The van der Waals surface area contributed by atoms with Crippen molar-refractivity contribution < 1.29 is 24.2 Å². The predicted molar refractivity (Wildman–Crippen MR) is 112 cm³/mol. The molecule has 0 heterocycles. The molecule has 8 heteroatoms. The number of fused-ring (bicyclic) bond motifs is 1. The Balaban J connectivity index is 1.83. The summed E-state index contributed by atoms with van der Waals surface area (Å²) >= 11 is 5.20. The van der Waals surface area contributed by atoms with Crippen LogP contribution < -0.4 is 25.2 Å². The van der Waals surface area contributed by atoms with Crippen molar-refractivity contribution in [3.63, 3.8) is 0 Å². The lowest BCUT2D eigenvalue weighted by Crippen LogP contribution is -2.34. The van der Waals surface area contributed by atoms with Crippen LogP contribution in [-0.2, 0) is 0 Å². The summed E-state index contributed by atoms with van der Waals surface area (Å²) in [5.41, 5.74) is 0.536. The van der Waals surface area contributed by atoms with Crippen molar-refractivity contribution in [2.75, 3.05) is 19.5 Å². The number of carboxylic acid groups (broad SMARTS) is 1. The quantitative estimate of drug-likeness (QED) is 0.624. The van der Waals surface area contributed by atoms with Crippen molar-refractivity contribution in [1.29, 1.82) is 0 Å². The van der Waals surface area contributed by atoms with Gasteiger partial charge in [0.1, 0.15) is 11.5 Å². The number of methoxy groups -OCH3 is 2. The molecule has 3 rings (SSSR count). The first-order valence-corrected chi connectivity index (χ1v) is 8.92. The second kappa shape index (κ2) is 8.57. The molecule has 148 valence electrons. The number of carbonyl (C=O) groups is 2. The molecule has 0 aliphatic carbocycles. The number of benzene rings is 3. The van der Waals surface area contributed by atoms with Gasteiger partial charge in [-0.1, -0.05) is 24.3 Å². The minimum absolute atomic E-state index is 0.0287. The molecule has 1 amide bonds. The fourth-order valence-corrected chi connectivity index (χ4v) is 3.03. The highest BCUT2D eigenvalue weighted by molar-refractivity contribution is 7.80. The molecule has 0 aliphatic heterocycles. The number of hydrogen-bond acceptors (Lipinski definition) is 6. The second-order valence-electron chi connectivity index (χ2n) is 6.01. The van der Waals surface area contributed by atoms with Crippen LogP contribution in [-0.4, -0.2) is 31.2 Å². The van der Waals surface area contributed by atoms with E-state index in [9.17, 15) is 14.7 Å². The average molecular weight is 409 g/mol. The lowest BCUT2D eigenvalue weighted by molar-refractivity contribution is -0.255. The number of amides is 1. The van der Waals surface area contributed by atoms with Gasteiger partial charge in [0.2, 0.25) is 0 Å². The molecule has 0 saturated carbocycles.